The molecule has 1 heterocycles. The van der Waals surface area contributed by atoms with Crippen LogP contribution in [0.4, 0.5) is 0 Å². The Hall–Kier alpha value is -2.10. The van der Waals surface area contributed by atoms with Gasteiger partial charge < -0.3 is 9.47 Å². The zero-order valence-corrected chi connectivity index (χ0v) is 19.2. The fourth-order valence-electron chi connectivity index (χ4n) is 3.87. The van der Waals surface area contributed by atoms with E-state index >= 15 is 0 Å². The van der Waals surface area contributed by atoms with Gasteiger partial charge in [0.1, 0.15) is 11.5 Å². The Bertz CT molecular complexity index is 1090. The van der Waals surface area contributed by atoms with Gasteiger partial charge in [-0.2, -0.15) is 4.31 Å². The molecule has 2 aromatic rings. The lowest BCUT2D eigenvalue weighted by atomic mass is 10.1. The Morgan fingerprint density at radius 2 is 1.37 bits per heavy atom. The molecule has 2 aromatic carbocycles. The first-order chi connectivity index (χ1) is 14.1. The smallest absolute Gasteiger partial charge is 0.243 e. The van der Waals surface area contributed by atoms with Gasteiger partial charge in [0.05, 0.1) is 29.3 Å². The number of nitrogens with zero attached hydrogens (tertiary/aromatic N) is 1. The van der Waals surface area contributed by atoms with Crippen molar-refractivity contribution in [1.82, 2.24) is 4.31 Å². The largest absolute Gasteiger partial charge is 0.497 e. The van der Waals surface area contributed by atoms with Crippen LogP contribution in [0.3, 0.4) is 0 Å². The number of hydrogen-bond acceptors (Lipinski definition) is 6. The summed E-state index contributed by atoms with van der Waals surface area (Å²) in [5.74, 6) is 1.25. The van der Waals surface area contributed by atoms with Crippen molar-refractivity contribution in [3.05, 3.63) is 47.5 Å². The zero-order valence-electron chi connectivity index (χ0n) is 17.6. The van der Waals surface area contributed by atoms with Crippen LogP contribution in [-0.2, 0) is 19.9 Å². The summed E-state index contributed by atoms with van der Waals surface area (Å²) in [6.45, 7) is 3.93. The van der Waals surface area contributed by atoms with E-state index < -0.39 is 25.1 Å². The number of methoxy groups -OCH3 is 2. The normalized spacial score (nSPS) is 16.4. The Balaban J connectivity index is 1.77. The third-order valence-corrected chi connectivity index (χ3v) is 9.66. The fourth-order valence-corrected chi connectivity index (χ4v) is 7.24. The van der Waals surface area contributed by atoms with Crippen molar-refractivity contribution in [2.24, 2.45) is 0 Å². The Morgan fingerprint density at radius 3 is 1.83 bits per heavy atom. The third-order valence-electron chi connectivity index (χ3n) is 5.50. The van der Waals surface area contributed by atoms with Crippen LogP contribution >= 0.6 is 0 Å². The topological polar surface area (TPSA) is 90.0 Å². The van der Waals surface area contributed by atoms with Crippen molar-refractivity contribution in [3.8, 4) is 11.5 Å². The number of sulfone groups is 1. The van der Waals surface area contributed by atoms with Crippen molar-refractivity contribution < 1.29 is 26.3 Å². The van der Waals surface area contributed by atoms with Crippen molar-refractivity contribution in [2.75, 3.05) is 27.3 Å². The van der Waals surface area contributed by atoms with Gasteiger partial charge in [-0.1, -0.05) is 0 Å². The van der Waals surface area contributed by atoms with Gasteiger partial charge >= 0.3 is 0 Å². The summed E-state index contributed by atoms with van der Waals surface area (Å²) in [7, 11) is -4.17. The number of aryl methyl sites for hydroxylation is 2. The quantitative estimate of drug-likeness (QED) is 0.668. The molecular formula is C21H27NO6S2. The lowest BCUT2D eigenvalue weighted by Gasteiger charge is -2.31. The molecule has 0 atom stereocenters. The zero-order chi connectivity index (χ0) is 22.1. The van der Waals surface area contributed by atoms with E-state index in [0.29, 0.717) is 11.5 Å². The van der Waals surface area contributed by atoms with Gasteiger partial charge in [0, 0.05) is 13.1 Å². The minimum atomic E-state index is -3.71. The summed E-state index contributed by atoms with van der Waals surface area (Å²) in [5, 5.41) is -0.614. The molecule has 1 aliphatic rings. The van der Waals surface area contributed by atoms with Gasteiger partial charge in [-0.15, -0.1) is 0 Å². The molecule has 0 aromatic heterocycles. The Kier molecular flexibility index (Phi) is 6.45. The molecule has 1 saturated heterocycles. The van der Waals surface area contributed by atoms with E-state index in [1.807, 2.05) is 0 Å². The van der Waals surface area contributed by atoms with Gasteiger partial charge in [0.2, 0.25) is 10.0 Å². The minimum Gasteiger partial charge on any atom is -0.497 e. The van der Waals surface area contributed by atoms with Crippen LogP contribution in [0, 0.1) is 13.8 Å². The van der Waals surface area contributed by atoms with E-state index in [1.165, 1.54) is 23.5 Å². The standard InChI is InChI=1S/C21H27NO6S2/c1-15-13-20(14-16(2)21(15)28-4)30(25,26)22-11-9-19(10-12-22)29(23,24)18-7-5-17(27-3)6-8-18/h5-8,13-14,19H,9-12H2,1-4H3. The maximum atomic E-state index is 13.1. The van der Waals surface area contributed by atoms with Crippen molar-refractivity contribution in [2.45, 2.75) is 41.7 Å². The molecule has 3 rings (SSSR count). The van der Waals surface area contributed by atoms with Crippen LogP contribution in [0.5, 0.6) is 11.5 Å². The summed E-state index contributed by atoms with van der Waals surface area (Å²) in [5.41, 5.74) is 1.49. The molecule has 0 saturated carbocycles. The lowest BCUT2D eigenvalue weighted by molar-refractivity contribution is 0.345. The van der Waals surface area contributed by atoms with E-state index in [0.717, 1.165) is 11.1 Å². The Labute approximate surface area is 178 Å². The molecule has 1 fully saturated rings. The average molecular weight is 454 g/mol. The van der Waals surface area contributed by atoms with Gasteiger partial charge in [0.15, 0.2) is 9.84 Å². The van der Waals surface area contributed by atoms with E-state index in [-0.39, 0.29) is 35.7 Å². The van der Waals surface area contributed by atoms with E-state index in [4.69, 9.17) is 9.47 Å². The number of hydrogen-bond donors (Lipinski definition) is 0. The molecule has 0 aliphatic carbocycles. The summed E-state index contributed by atoms with van der Waals surface area (Å²) in [4.78, 5) is 0.431. The monoisotopic (exact) mass is 453 g/mol. The first-order valence-corrected chi connectivity index (χ1v) is 12.6. The highest BCUT2D eigenvalue weighted by atomic mass is 32.2. The molecule has 7 nitrogen and oxygen atoms in total. The van der Waals surface area contributed by atoms with Crippen molar-refractivity contribution in [3.63, 3.8) is 0 Å². The second kappa shape index (κ2) is 8.56. The van der Waals surface area contributed by atoms with Crippen LogP contribution in [0.25, 0.3) is 0 Å². The maximum Gasteiger partial charge on any atom is 0.243 e. The second-order valence-corrected chi connectivity index (χ2v) is 11.6. The first-order valence-electron chi connectivity index (χ1n) is 9.64. The first kappa shape index (κ1) is 22.6. The van der Waals surface area contributed by atoms with Gasteiger partial charge in [-0.05, 0) is 74.2 Å². The molecule has 9 heteroatoms. The second-order valence-electron chi connectivity index (χ2n) is 7.41. The van der Waals surface area contributed by atoms with Gasteiger partial charge in [0.25, 0.3) is 0 Å². The highest BCUT2D eigenvalue weighted by Gasteiger charge is 2.36. The summed E-state index contributed by atoms with van der Waals surface area (Å²) < 4.78 is 63.9. The summed E-state index contributed by atoms with van der Waals surface area (Å²) in [6, 6.07) is 9.48. The molecule has 0 unspecified atom stereocenters. The van der Waals surface area contributed by atoms with Gasteiger partial charge in [-0.3, -0.25) is 0 Å². The lowest BCUT2D eigenvalue weighted by Crippen LogP contribution is -2.42. The number of piperidine rings is 1. The molecule has 30 heavy (non-hydrogen) atoms. The molecule has 0 N–H and O–H groups in total. The average Bonchev–Trinajstić information content (AvgIpc) is 2.73. The van der Waals surface area contributed by atoms with Gasteiger partial charge in [-0.25, -0.2) is 16.8 Å². The highest BCUT2D eigenvalue weighted by molar-refractivity contribution is 7.92. The summed E-state index contributed by atoms with van der Waals surface area (Å²) in [6.07, 6.45) is 0.503. The molecule has 164 valence electrons. The molecular weight excluding hydrogens is 426 g/mol. The SMILES string of the molecule is COc1ccc(S(=O)(=O)C2CCN(S(=O)(=O)c3cc(C)c(OC)c(C)c3)CC2)cc1. The molecule has 0 bridgehead atoms. The molecule has 0 spiro atoms. The number of benzene rings is 2. The fraction of sp³-hybridized carbons (Fsp3) is 0.429. The number of rotatable bonds is 6. The Morgan fingerprint density at radius 1 is 0.833 bits per heavy atom. The van der Waals surface area contributed by atoms with Crippen LogP contribution in [0.1, 0.15) is 24.0 Å². The maximum absolute atomic E-state index is 13.1. The third kappa shape index (κ3) is 4.19. The highest BCUT2D eigenvalue weighted by Crippen LogP contribution is 2.31. The van der Waals surface area contributed by atoms with E-state index in [1.54, 1.807) is 45.2 Å². The van der Waals surface area contributed by atoms with Crippen molar-refractivity contribution >= 4 is 19.9 Å². The number of ether oxygens (including phenoxy) is 2. The van der Waals surface area contributed by atoms with E-state index in [9.17, 15) is 16.8 Å². The predicted octanol–water partition coefficient (Wildman–Crippen LogP) is 2.95. The minimum absolute atomic E-state index is 0.159. The number of sulfonamides is 1. The molecule has 1 aliphatic heterocycles. The molecule has 0 amide bonds. The van der Waals surface area contributed by atoms with Crippen LogP contribution in [0.15, 0.2) is 46.2 Å². The van der Waals surface area contributed by atoms with Crippen molar-refractivity contribution in [1.29, 1.82) is 0 Å². The van der Waals surface area contributed by atoms with Crippen LogP contribution in [0.2, 0.25) is 0 Å². The van der Waals surface area contributed by atoms with Crippen LogP contribution < -0.4 is 9.47 Å². The molecule has 0 radical (unpaired) electrons. The van der Waals surface area contributed by atoms with Crippen LogP contribution in [-0.4, -0.2) is 53.7 Å². The summed E-state index contributed by atoms with van der Waals surface area (Å²) >= 11 is 0. The predicted molar refractivity (Wildman–Crippen MR) is 114 cm³/mol. The van der Waals surface area contributed by atoms with E-state index in [2.05, 4.69) is 0 Å².